The topological polar surface area (TPSA) is 51.2 Å². The summed E-state index contributed by atoms with van der Waals surface area (Å²) in [7, 11) is 0. The van der Waals surface area contributed by atoms with Gasteiger partial charge in [0.25, 0.3) is 0 Å². The van der Waals surface area contributed by atoms with E-state index in [9.17, 15) is 31.1 Å². The summed E-state index contributed by atoms with van der Waals surface area (Å²) < 4.78 is 78.5. The molecule has 1 amide bonds. The Bertz CT molecular complexity index is 801. The van der Waals surface area contributed by atoms with Gasteiger partial charge in [-0.25, -0.2) is 0 Å². The van der Waals surface area contributed by atoms with Gasteiger partial charge in [-0.1, -0.05) is 12.1 Å². The molecule has 0 aliphatic carbocycles. The number of carbonyl (C=O) groups excluding carboxylic acids is 1. The molecule has 0 saturated heterocycles. The van der Waals surface area contributed by atoms with Gasteiger partial charge in [-0.2, -0.15) is 26.3 Å². The van der Waals surface area contributed by atoms with Crippen molar-refractivity contribution in [2.45, 2.75) is 38.2 Å². The normalized spacial score (nSPS) is 13.1. The van der Waals surface area contributed by atoms with Crippen LogP contribution in [0.1, 0.15) is 36.2 Å². The molecule has 1 atom stereocenters. The molecule has 0 fully saturated rings. The molecule has 1 aromatic carbocycles. The maximum absolute atomic E-state index is 12.5. The molecule has 0 spiro atoms. The van der Waals surface area contributed by atoms with Gasteiger partial charge in [0, 0.05) is 6.42 Å². The largest absolute Gasteiger partial charge is 0.483 e. The number of rotatable bonds is 7. The number of halogens is 6. The molecule has 0 aliphatic rings. The first-order chi connectivity index (χ1) is 13.4. The predicted octanol–water partition coefficient (Wildman–Crippen LogP) is 4.85. The highest BCUT2D eigenvalue weighted by Crippen LogP contribution is 2.29. The molecule has 2 aromatic rings. The molecule has 0 saturated carbocycles. The van der Waals surface area contributed by atoms with E-state index in [-0.39, 0.29) is 24.5 Å². The standard InChI is InChI=1S/C19H18F6N2O2/c1-12(16-8-7-15(10-26-16)29-11-18(20,21)22)27-17(28)9-4-13-2-5-14(6-3-13)19(23,24)25/h2-3,5-8,10,12H,4,9,11H2,1H3,(H,27,28). The lowest BCUT2D eigenvalue weighted by atomic mass is 10.1. The number of ether oxygens (including phenoxy) is 1. The Morgan fingerprint density at radius 2 is 1.72 bits per heavy atom. The van der Waals surface area contributed by atoms with Crippen LogP contribution in [-0.4, -0.2) is 23.7 Å². The first-order valence-corrected chi connectivity index (χ1v) is 8.55. The van der Waals surface area contributed by atoms with Crippen molar-refractivity contribution in [2.75, 3.05) is 6.61 Å². The number of alkyl halides is 6. The molecule has 29 heavy (non-hydrogen) atoms. The molecule has 1 heterocycles. The fourth-order valence-electron chi connectivity index (χ4n) is 2.40. The zero-order chi connectivity index (χ0) is 21.7. The van der Waals surface area contributed by atoms with E-state index in [0.29, 0.717) is 11.3 Å². The Balaban J connectivity index is 1.82. The van der Waals surface area contributed by atoms with Crippen LogP contribution in [0.25, 0.3) is 0 Å². The van der Waals surface area contributed by atoms with Crippen LogP contribution in [0.5, 0.6) is 5.75 Å². The maximum atomic E-state index is 12.5. The fourth-order valence-corrected chi connectivity index (χ4v) is 2.40. The van der Waals surface area contributed by atoms with Crippen molar-refractivity contribution in [1.29, 1.82) is 0 Å². The van der Waals surface area contributed by atoms with Gasteiger partial charge in [0.1, 0.15) is 5.75 Å². The smallest absolute Gasteiger partial charge is 0.422 e. The zero-order valence-corrected chi connectivity index (χ0v) is 15.3. The van der Waals surface area contributed by atoms with Crippen LogP contribution in [0.2, 0.25) is 0 Å². The summed E-state index contributed by atoms with van der Waals surface area (Å²) in [5, 5.41) is 2.68. The minimum atomic E-state index is -4.45. The van der Waals surface area contributed by atoms with Crippen molar-refractivity contribution in [2.24, 2.45) is 0 Å². The van der Waals surface area contributed by atoms with Gasteiger partial charge in [-0.05, 0) is 43.2 Å². The summed E-state index contributed by atoms with van der Waals surface area (Å²) in [5.74, 6) is -0.386. The number of aromatic nitrogens is 1. The minimum Gasteiger partial charge on any atom is -0.483 e. The number of pyridine rings is 1. The summed E-state index contributed by atoms with van der Waals surface area (Å²) in [5.41, 5.74) is 0.255. The van der Waals surface area contributed by atoms with E-state index in [1.54, 1.807) is 6.92 Å². The number of amides is 1. The Labute approximate surface area is 162 Å². The first-order valence-electron chi connectivity index (χ1n) is 8.55. The predicted molar refractivity (Wildman–Crippen MR) is 92.1 cm³/mol. The molecule has 1 N–H and O–H groups in total. The van der Waals surface area contributed by atoms with E-state index in [0.717, 1.165) is 18.3 Å². The monoisotopic (exact) mass is 420 g/mol. The van der Waals surface area contributed by atoms with Crippen molar-refractivity contribution in [1.82, 2.24) is 10.3 Å². The van der Waals surface area contributed by atoms with Crippen LogP contribution in [0, 0.1) is 0 Å². The molecule has 0 radical (unpaired) electrons. The Morgan fingerprint density at radius 3 is 2.24 bits per heavy atom. The summed E-state index contributed by atoms with van der Waals surface area (Å²) in [6.07, 6.45) is -7.42. The highest BCUT2D eigenvalue weighted by molar-refractivity contribution is 5.76. The Morgan fingerprint density at radius 1 is 1.07 bits per heavy atom. The van der Waals surface area contributed by atoms with Gasteiger partial charge in [-0.15, -0.1) is 0 Å². The number of hydrogen-bond donors (Lipinski definition) is 1. The first kappa shape index (κ1) is 22.5. The molecule has 0 aliphatic heterocycles. The van der Waals surface area contributed by atoms with E-state index in [1.807, 2.05) is 0 Å². The van der Waals surface area contributed by atoms with E-state index in [4.69, 9.17) is 0 Å². The van der Waals surface area contributed by atoms with E-state index in [2.05, 4.69) is 15.0 Å². The number of benzene rings is 1. The molecule has 1 unspecified atom stereocenters. The van der Waals surface area contributed by atoms with Crippen molar-refractivity contribution in [3.05, 3.63) is 59.4 Å². The molecule has 2 rings (SSSR count). The number of carbonyl (C=O) groups is 1. The second kappa shape index (κ2) is 9.15. The molecule has 1 aromatic heterocycles. The van der Waals surface area contributed by atoms with Gasteiger partial charge < -0.3 is 10.1 Å². The lowest BCUT2D eigenvalue weighted by Gasteiger charge is -2.14. The van der Waals surface area contributed by atoms with Crippen LogP contribution in [-0.2, 0) is 17.4 Å². The quantitative estimate of drug-likeness (QED) is 0.652. The van der Waals surface area contributed by atoms with Crippen LogP contribution in [0.4, 0.5) is 26.3 Å². The number of nitrogens with zero attached hydrogens (tertiary/aromatic N) is 1. The highest BCUT2D eigenvalue weighted by Gasteiger charge is 2.30. The third-order valence-electron chi connectivity index (χ3n) is 3.90. The number of aryl methyl sites for hydroxylation is 1. The van der Waals surface area contributed by atoms with Gasteiger partial charge in [0.05, 0.1) is 23.5 Å². The van der Waals surface area contributed by atoms with Gasteiger partial charge in [0.2, 0.25) is 5.91 Å². The lowest BCUT2D eigenvalue weighted by molar-refractivity contribution is -0.153. The van der Waals surface area contributed by atoms with Crippen LogP contribution >= 0.6 is 0 Å². The summed E-state index contributed by atoms with van der Waals surface area (Å²) >= 11 is 0. The van der Waals surface area contributed by atoms with Crippen LogP contribution in [0.15, 0.2) is 42.6 Å². The molecule has 4 nitrogen and oxygen atoms in total. The highest BCUT2D eigenvalue weighted by atomic mass is 19.4. The zero-order valence-electron chi connectivity index (χ0n) is 15.3. The van der Waals surface area contributed by atoms with Crippen LogP contribution < -0.4 is 10.1 Å². The Kier molecular flexibility index (Phi) is 7.10. The molecule has 10 heteroatoms. The van der Waals surface area contributed by atoms with E-state index >= 15 is 0 Å². The fraction of sp³-hybridized carbons (Fsp3) is 0.368. The van der Waals surface area contributed by atoms with Crippen molar-refractivity contribution in [3.63, 3.8) is 0 Å². The average Bonchev–Trinajstić information content (AvgIpc) is 2.64. The third kappa shape index (κ3) is 7.63. The lowest BCUT2D eigenvalue weighted by Crippen LogP contribution is -2.27. The van der Waals surface area contributed by atoms with Crippen molar-refractivity contribution < 1.29 is 35.9 Å². The van der Waals surface area contributed by atoms with Gasteiger partial charge >= 0.3 is 12.4 Å². The maximum Gasteiger partial charge on any atom is 0.422 e. The summed E-state index contributed by atoms with van der Waals surface area (Å²) in [4.78, 5) is 16.0. The van der Waals surface area contributed by atoms with Crippen LogP contribution in [0.3, 0.4) is 0 Å². The van der Waals surface area contributed by atoms with Gasteiger partial charge in [0.15, 0.2) is 6.61 Å². The van der Waals surface area contributed by atoms with Gasteiger partial charge in [-0.3, -0.25) is 9.78 Å². The summed E-state index contributed by atoms with van der Waals surface area (Å²) in [6.45, 7) is 0.221. The molecular weight excluding hydrogens is 402 g/mol. The Hall–Kier alpha value is -2.78. The third-order valence-corrected chi connectivity index (χ3v) is 3.90. The minimum absolute atomic E-state index is 0.0492. The van der Waals surface area contributed by atoms with E-state index in [1.165, 1.54) is 24.3 Å². The number of hydrogen-bond acceptors (Lipinski definition) is 3. The second-order valence-electron chi connectivity index (χ2n) is 6.31. The van der Waals surface area contributed by atoms with Crippen molar-refractivity contribution in [3.8, 4) is 5.75 Å². The molecule has 158 valence electrons. The summed E-state index contributed by atoms with van der Waals surface area (Å²) in [6, 6.07) is 6.81. The van der Waals surface area contributed by atoms with Crippen molar-refractivity contribution >= 4 is 5.91 Å². The number of nitrogens with one attached hydrogen (secondary N) is 1. The molecule has 0 bridgehead atoms. The second-order valence-corrected chi connectivity index (χ2v) is 6.31. The SMILES string of the molecule is CC(NC(=O)CCc1ccc(C(F)(F)F)cc1)c1ccc(OCC(F)(F)F)cn1. The molecular formula is C19H18F6N2O2. The van der Waals surface area contributed by atoms with E-state index < -0.39 is 30.6 Å². The average molecular weight is 420 g/mol.